The van der Waals surface area contributed by atoms with Crippen LogP contribution >= 0.6 is 23.4 Å². The number of benzene rings is 2. The van der Waals surface area contributed by atoms with Gasteiger partial charge in [-0.15, -0.1) is 11.8 Å². The van der Waals surface area contributed by atoms with Crippen LogP contribution in [0.3, 0.4) is 0 Å². The van der Waals surface area contributed by atoms with Gasteiger partial charge < -0.3 is 10.6 Å². The summed E-state index contributed by atoms with van der Waals surface area (Å²) in [4.78, 5) is 24.2. The summed E-state index contributed by atoms with van der Waals surface area (Å²) < 4.78 is 0. The predicted octanol–water partition coefficient (Wildman–Crippen LogP) is 3.11. The van der Waals surface area contributed by atoms with E-state index in [0.29, 0.717) is 22.9 Å². The molecule has 0 atom stereocenters. The fourth-order valence-electron chi connectivity index (χ4n) is 1.88. The number of amides is 2. The van der Waals surface area contributed by atoms with E-state index in [9.17, 15) is 9.59 Å². The predicted molar refractivity (Wildman–Crippen MR) is 93.9 cm³/mol. The van der Waals surface area contributed by atoms with Gasteiger partial charge in [-0.3, -0.25) is 9.59 Å². The molecule has 0 saturated heterocycles. The molecule has 0 saturated carbocycles. The lowest BCUT2D eigenvalue weighted by molar-refractivity contribution is -0.118. The van der Waals surface area contributed by atoms with Crippen molar-refractivity contribution in [3.05, 3.63) is 64.7 Å². The van der Waals surface area contributed by atoms with Crippen LogP contribution in [0.4, 0.5) is 0 Å². The third-order valence-corrected chi connectivity index (χ3v) is 4.64. The van der Waals surface area contributed by atoms with Crippen molar-refractivity contribution < 1.29 is 9.59 Å². The summed E-state index contributed by atoms with van der Waals surface area (Å²) in [5.74, 6) is 0.113. The molecule has 4 nitrogen and oxygen atoms in total. The van der Waals surface area contributed by atoms with Crippen molar-refractivity contribution in [1.29, 1.82) is 0 Å². The van der Waals surface area contributed by atoms with Crippen LogP contribution in [0.25, 0.3) is 0 Å². The van der Waals surface area contributed by atoms with Crippen LogP contribution < -0.4 is 10.6 Å². The SMILES string of the molecule is CNC(=O)c1ccc(CNC(=O)CSc2ccccc2Cl)cc1. The van der Waals surface area contributed by atoms with Crippen molar-refractivity contribution in [3.63, 3.8) is 0 Å². The average molecular weight is 349 g/mol. The third-order valence-electron chi connectivity index (χ3n) is 3.13. The normalized spacial score (nSPS) is 10.2. The average Bonchev–Trinajstić information content (AvgIpc) is 2.59. The van der Waals surface area contributed by atoms with Gasteiger partial charge in [0.2, 0.25) is 5.91 Å². The molecule has 0 aliphatic heterocycles. The Morgan fingerprint density at radius 3 is 2.43 bits per heavy atom. The molecule has 2 N–H and O–H groups in total. The second kappa shape index (κ2) is 8.60. The maximum Gasteiger partial charge on any atom is 0.251 e. The molecule has 2 amide bonds. The highest BCUT2D eigenvalue weighted by molar-refractivity contribution is 8.00. The van der Waals surface area contributed by atoms with Crippen LogP contribution in [0, 0.1) is 0 Å². The Hall–Kier alpha value is -1.98. The van der Waals surface area contributed by atoms with E-state index in [1.807, 2.05) is 30.3 Å². The number of hydrogen-bond donors (Lipinski definition) is 2. The number of thioether (sulfide) groups is 1. The summed E-state index contributed by atoms with van der Waals surface area (Å²) >= 11 is 7.45. The fraction of sp³-hybridized carbons (Fsp3) is 0.176. The Morgan fingerprint density at radius 1 is 1.09 bits per heavy atom. The quantitative estimate of drug-likeness (QED) is 0.789. The van der Waals surface area contributed by atoms with Gasteiger partial charge in [-0.2, -0.15) is 0 Å². The van der Waals surface area contributed by atoms with E-state index in [2.05, 4.69) is 10.6 Å². The summed E-state index contributed by atoms with van der Waals surface area (Å²) in [6.07, 6.45) is 0. The van der Waals surface area contributed by atoms with Crippen molar-refractivity contribution in [2.75, 3.05) is 12.8 Å². The third kappa shape index (κ3) is 5.30. The molecule has 0 fully saturated rings. The number of hydrogen-bond acceptors (Lipinski definition) is 3. The highest BCUT2D eigenvalue weighted by Crippen LogP contribution is 2.26. The molecule has 2 aromatic rings. The minimum absolute atomic E-state index is 0.0645. The van der Waals surface area contributed by atoms with Gasteiger partial charge in [-0.1, -0.05) is 35.9 Å². The Morgan fingerprint density at radius 2 is 1.78 bits per heavy atom. The Bertz CT molecular complexity index is 689. The minimum Gasteiger partial charge on any atom is -0.355 e. The van der Waals surface area contributed by atoms with E-state index in [4.69, 9.17) is 11.6 Å². The molecule has 0 bridgehead atoms. The summed E-state index contributed by atoms with van der Waals surface area (Å²) in [7, 11) is 1.59. The lowest BCUT2D eigenvalue weighted by Gasteiger charge is -2.07. The van der Waals surface area contributed by atoms with Crippen LogP contribution in [0.2, 0.25) is 5.02 Å². The number of carbonyl (C=O) groups excluding carboxylic acids is 2. The van der Waals surface area contributed by atoms with Crippen LogP contribution in [0.15, 0.2) is 53.4 Å². The Kier molecular flexibility index (Phi) is 6.50. The van der Waals surface area contributed by atoms with Crippen molar-refractivity contribution >= 4 is 35.2 Å². The lowest BCUT2D eigenvalue weighted by Crippen LogP contribution is -2.24. The zero-order valence-corrected chi connectivity index (χ0v) is 14.2. The van der Waals surface area contributed by atoms with Gasteiger partial charge in [0.05, 0.1) is 10.8 Å². The number of nitrogens with one attached hydrogen (secondary N) is 2. The van der Waals surface area contributed by atoms with Crippen LogP contribution in [0.1, 0.15) is 15.9 Å². The first kappa shape index (κ1) is 17.4. The van der Waals surface area contributed by atoms with Crippen LogP contribution in [-0.4, -0.2) is 24.6 Å². The molecule has 2 rings (SSSR count). The number of carbonyl (C=O) groups is 2. The van der Waals surface area contributed by atoms with E-state index >= 15 is 0 Å². The van der Waals surface area contributed by atoms with Crippen molar-refractivity contribution in [3.8, 4) is 0 Å². The first-order chi connectivity index (χ1) is 11.1. The fourth-order valence-corrected chi connectivity index (χ4v) is 2.94. The number of halogens is 1. The van der Waals surface area contributed by atoms with Crippen molar-refractivity contribution in [2.24, 2.45) is 0 Å². The molecule has 0 heterocycles. The van der Waals surface area contributed by atoms with E-state index < -0.39 is 0 Å². The molecule has 0 radical (unpaired) electrons. The molecule has 0 aromatic heterocycles. The van der Waals surface area contributed by atoms with Gasteiger partial charge in [-0.05, 0) is 29.8 Å². The maximum absolute atomic E-state index is 11.9. The summed E-state index contributed by atoms with van der Waals surface area (Å²) in [6, 6.07) is 14.6. The first-order valence-corrected chi connectivity index (χ1v) is 8.41. The zero-order valence-electron chi connectivity index (χ0n) is 12.6. The summed E-state index contributed by atoms with van der Waals surface area (Å²) in [6.45, 7) is 0.427. The van der Waals surface area contributed by atoms with Crippen molar-refractivity contribution in [2.45, 2.75) is 11.4 Å². The highest BCUT2D eigenvalue weighted by Gasteiger charge is 2.06. The molecule has 120 valence electrons. The van der Waals surface area contributed by atoms with Gasteiger partial charge in [0.15, 0.2) is 0 Å². The summed E-state index contributed by atoms with van der Waals surface area (Å²) in [5, 5.41) is 6.06. The second-order valence-corrected chi connectivity index (χ2v) is 6.20. The van der Waals surface area contributed by atoms with E-state index in [0.717, 1.165) is 10.5 Å². The first-order valence-electron chi connectivity index (χ1n) is 7.05. The molecule has 2 aromatic carbocycles. The monoisotopic (exact) mass is 348 g/mol. The van der Waals surface area contributed by atoms with E-state index in [1.165, 1.54) is 11.8 Å². The molecule has 6 heteroatoms. The largest absolute Gasteiger partial charge is 0.355 e. The van der Waals surface area contributed by atoms with Gasteiger partial charge in [-0.25, -0.2) is 0 Å². The van der Waals surface area contributed by atoms with Gasteiger partial charge >= 0.3 is 0 Å². The Balaban J connectivity index is 1.80. The van der Waals surface area contributed by atoms with E-state index in [-0.39, 0.29) is 11.8 Å². The van der Waals surface area contributed by atoms with Crippen molar-refractivity contribution in [1.82, 2.24) is 10.6 Å². The molecule has 0 spiro atoms. The van der Waals surface area contributed by atoms with Crippen LogP contribution in [0.5, 0.6) is 0 Å². The molecule has 0 aliphatic rings. The zero-order chi connectivity index (χ0) is 16.7. The number of rotatable bonds is 6. The molecule has 23 heavy (non-hydrogen) atoms. The molecule has 0 aliphatic carbocycles. The highest BCUT2D eigenvalue weighted by atomic mass is 35.5. The van der Waals surface area contributed by atoms with Gasteiger partial charge in [0, 0.05) is 24.1 Å². The smallest absolute Gasteiger partial charge is 0.251 e. The molecule has 0 unspecified atom stereocenters. The maximum atomic E-state index is 11.9. The second-order valence-electron chi connectivity index (χ2n) is 4.77. The standard InChI is InChI=1S/C17H17ClN2O2S/c1-19-17(22)13-8-6-12(7-9-13)10-20-16(21)11-23-15-5-3-2-4-14(15)18/h2-9H,10-11H2,1H3,(H,19,22)(H,20,21). The van der Waals surface area contributed by atoms with Crippen LogP contribution in [-0.2, 0) is 11.3 Å². The van der Waals surface area contributed by atoms with Gasteiger partial charge in [0.25, 0.3) is 5.91 Å². The molecular formula is C17H17ClN2O2S. The van der Waals surface area contributed by atoms with Gasteiger partial charge in [0.1, 0.15) is 0 Å². The topological polar surface area (TPSA) is 58.2 Å². The molecular weight excluding hydrogens is 332 g/mol. The van der Waals surface area contributed by atoms with E-state index in [1.54, 1.807) is 25.2 Å². The summed E-state index contributed by atoms with van der Waals surface area (Å²) in [5.41, 5.74) is 1.53. The minimum atomic E-state index is -0.128. The lowest BCUT2D eigenvalue weighted by atomic mass is 10.1. The Labute approximate surface area is 144 Å².